The van der Waals surface area contributed by atoms with Crippen LogP contribution in [0, 0.1) is 0 Å². The van der Waals surface area contributed by atoms with Crippen molar-refractivity contribution in [3.8, 4) is 0 Å². The van der Waals surface area contributed by atoms with Gasteiger partial charge in [-0.15, -0.1) is 11.3 Å². The number of carbonyl (C=O) groups excluding carboxylic acids is 1. The van der Waals surface area contributed by atoms with E-state index < -0.39 is 10.0 Å². The lowest BCUT2D eigenvalue weighted by Gasteiger charge is -2.23. The van der Waals surface area contributed by atoms with Gasteiger partial charge in [-0.1, -0.05) is 6.07 Å². The highest BCUT2D eigenvalue weighted by Gasteiger charge is 2.18. The fraction of sp³-hybridized carbons (Fsp3) is 0.353. The van der Waals surface area contributed by atoms with Crippen LogP contribution in [0.4, 0.5) is 0 Å². The summed E-state index contributed by atoms with van der Waals surface area (Å²) in [5.41, 5.74) is 0.461. The van der Waals surface area contributed by atoms with E-state index in [1.54, 1.807) is 12.1 Å². The van der Waals surface area contributed by atoms with E-state index in [0.717, 1.165) is 30.8 Å². The molecule has 1 aromatic heterocycles. The Hall–Kier alpha value is -1.74. The first-order valence-corrected chi connectivity index (χ1v) is 10.5. The molecule has 2 aromatic rings. The summed E-state index contributed by atoms with van der Waals surface area (Å²) in [6.07, 6.45) is 2.00. The van der Waals surface area contributed by atoms with Gasteiger partial charge in [0.05, 0.1) is 4.90 Å². The molecule has 134 valence electrons. The van der Waals surface area contributed by atoms with Gasteiger partial charge in [0.15, 0.2) is 0 Å². The van der Waals surface area contributed by atoms with Gasteiger partial charge in [-0.3, -0.25) is 4.79 Å². The molecule has 1 aliphatic rings. The highest BCUT2D eigenvalue weighted by atomic mass is 32.2. The second-order valence-electron chi connectivity index (χ2n) is 5.95. The third kappa shape index (κ3) is 4.88. The lowest BCUT2D eigenvalue weighted by molar-refractivity contribution is 0.0930. The van der Waals surface area contributed by atoms with Crippen LogP contribution in [-0.2, 0) is 16.6 Å². The van der Waals surface area contributed by atoms with Crippen molar-refractivity contribution in [2.45, 2.75) is 30.3 Å². The van der Waals surface area contributed by atoms with E-state index in [-0.39, 0.29) is 23.4 Å². The first-order chi connectivity index (χ1) is 12.0. The predicted octanol–water partition coefficient (Wildman–Crippen LogP) is 1.71. The highest BCUT2D eigenvalue weighted by molar-refractivity contribution is 7.89. The Labute approximate surface area is 151 Å². The zero-order valence-corrected chi connectivity index (χ0v) is 15.3. The van der Waals surface area contributed by atoms with Gasteiger partial charge in [0.2, 0.25) is 10.0 Å². The van der Waals surface area contributed by atoms with Crippen LogP contribution < -0.4 is 15.4 Å². The molecular formula is C17H21N3O3S2. The maximum atomic E-state index is 12.3. The predicted molar refractivity (Wildman–Crippen MR) is 98.1 cm³/mol. The van der Waals surface area contributed by atoms with Gasteiger partial charge in [0.1, 0.15) is 0 Å². The van der Waals surface area contributed by atoms with Gasteiger partial charge in [0, 0.05) is 29.6 Å². The van der Waals surface area contributed by atoms with Crippen molar-refractivity contribution in [3.05, 3.63) is 52.2 Å². The summed E-state index contributed by atoms with van der Waals surface area (Å²) in [4.78, 5) is 13.4. The van der Waals surface area contributed by atoms with E-state index in [1.165, 1.54) is 23.5 Å². The van der Waals surface area contributed by atoms with Crippen molar-refractivity contribution in [3.63, 3.8) is 0 Å². The van der Waals surface area contributed by atoms with Gasteiger partial charge in [-0.2, -0.15) is 0 Å². The molecule has 0 aliphatic carbocycles. The number of sulfonamides is 1. The molecule has 0 radical (unpaired) electrons. The number of benzene rings is 1. The number of hydrogen-bond donors (Lipinski definition) is 3. The number of carbonyl (C=O) groups is 1. The molecular weight excluding hydrogens is 358 g/mol. The van der Waals surface area contributed by atoms with Crippen molar-refractivity contribution in [1.82, 2.24) is 15.4 Å². The fourth-order valence-electron chi connectivity index (χ4n) is 2.69. The molecule has 1 fully saturated rings. The first kappa shape index (κ1) is 18.1. The molecule has 0 bridgehead atoms. The van der Waals surface area contributed by atoms with Crippen LogP contribution >= 0.6 is 11.3 Å². The molecule has 8 heteroatoms. The first-order valence-electron chi connectivity index (χ1n) is 8.18. The number of nitrogens with one attached hydrogen (secondary N) is 3. The number of rotatable bonds is 6. The van der Waals surface area contributed by atoms with Crippen molar-refractivity contribution < 1.29 is 13.2 Å². The van der Waals surface area contributed by atoms with Gasteiger partial charge >= 0.3 is 0 Å². The molecule has 25 heavy (non-hydrogen) atoms. The number of hydrogen-bond acceptors (Lipinski definition) is 5. The molecule has 1 atom stereocenters. The van der Waals surface area contributed by atoms with Crippen molar-refractivity contribution in [1.29, 1.82) is 0 Å². The average Bonchev–Trinajstić information content (AvgIpc) is 3.15. The quantitative estimate of drug-likeness (QED) is 0.713. The van der Waals surface area contributed by atoms with Crippen molar-refractivity contribution in [2.75, 3.05) is 13.1 Å². The van der Waals surface area contributed by atoms with Gasteiger partial charge in [-0.05, 0) is 55.1 Å². The van der Waals surface area contributed by atoms with E-state index in [2.05, 4.69) is 15.4 Å². The summed E-state index contributed by atoms with van der Waals surface area (Å²) in [7, 11) is -3.59. The van der Waals surface area contributed by atoms with Crippen LogP contribution in [0.1, 0.15) is 28.1 Å². The Kier molecular flexibility index (Phi) is 5.85. The second-order valence-corrected chi connectivity index (χ2v) is 8.74. The van der Waals surface area contributed by atoms with Crippen LogP contribution in [-0.4, -0.2) is 33.5 Å². The van der Waals surface area contributed by atoms with E-state index in [1.807, 2.05) is 17.5 Å². The Morgan fingerprint density at radius 2 is 2.04 bits per heavy atom. The summed E-state index contributed by atoms with van der Waals surface area (Å²) in [6, 6.07) is 9.90. The molecule has 1 aliphatic heterocycles. The van der Waals surface area contributed by atoms with Crippen LogP contribution in [0.15, 0.2) is 46.7 Å². The molecule has 1 saturated heterocycles. The van der Waals surface area contributed by atoms with Gasteiger partial charge in [-0.25, -0.2) is 13.1 Å². The molecule has 1 aromatic carbocycles. The number of thiophene rings is 1. The zero-order chi connectivity index (χ0) is 17.7. The van der Waals surface area contributed by atoms with Crippen molar-refractivity contribution in [2.24, 2.45) is 0 Å². The van der Waals surface area contributed by atoms with E-state index in [4.69, 9.17) is 0 Å². The molecule has 1 amide bonds. The lowest BCUT2D eigenvalue weighted by atomic mass is 10.1. The standard InChI is InChI=1S/C17H21N3O3S2/c21-17(20-14-3-1-9-18-11-14)13-5-7-16(8-6-13)25(22,23)19-12-15-4-2-10-24-15/h2,4-8,10,14,18-19H,1,3,9,11-12H2,(H,20,21)/t14-/m0/s1. The third-order valence-electron chi connectivity index (χ3n) is 4.08. The molecule has 3 rings (SSSR count). The molecule has 0 saturated carbocycles. The largest absolute Gasteiger partial charge is 0.348 e. The average molecular weight is 380 g/mol. The lowest BCUT2D eigenvalue weighted by Crippen LogP contribution is -2.45. The number of amides is 1. The summed E-state index contributed by atoms with van der Waals surface area (Å²) in [6.45, 7) is 2.01. The van der Waals surface area contributed by atoms with E-state index in [9.17, 15) is 13.2 Å². The Morgan fingerprint density at radius 1 is 1.24 bits per heavy atom. The van der Waals surface area contributed by atoms with Gasteiger partial charge < -0.3 is 10.6 Å². The van der Waals surface area contributed by atoms with Crippen LogP contribution in [0.2, 0.25) is 0 Å². The van der Waals surface area contributed by atoms with Crippen LogP contribution in [0.25, 0.3) is 0 Å². The van der Waals surface area contributed by atoms with Crippen LogP contribution in [0.3, 0.4) is 0 Å². The maximum Gasteiger partial charge on any atom is 0.251 e. The Morgan fingerprint density at radius 3 is 2.68 bits per heavy atom. The van der Waals surface area contributed by atoms with Crippen molar-refractivity contribution >= 4 is 27.3 Å². The van der Waals surface area contributed by atoms with Crippen LogP contribution in [0.5, 0.6) is 0 Å². The summed E-state index contributed by atoms with van der Waals surface area (Å²) in [5.74, 6) is -0.177. The fourth-order valence-corrected chi connectivity index (χ4v) is 4.43. The number of piperidine rings is 1. The SMILES string of the molecule is O=C(N[C@H]1CCCNC1)c1ccc(S(=O)(=O)NCc2cccs2)cc1. The van der Waals surface area contributed by atoms with Gasteiger partial charge in [0.25, 0.3) is 5.91 Å². The molecule has 6 nitrogen and oxygen atoms in total. The normalized spacial score (nSPS) is 18.0. The molecule has 3 N–H and O–H groups in total. The summed E-state index contributed by atoms with van der Waals surface area (Å²) < 4.78 is 27.2. The summed E-state index contributed by atoms with van der Waals surface area (Å²) >= 11 is 1.50. The third-order valence-corrected chi connectivity index (χ3v) is 6.37. The van der Waals surface area contributed by atoms with E-state index in [0.29, 0.717) is 5.56 Å². The highest BCUT2D eigenvalue weighted by Crippen LogP contribution is 2.14. The Balaban J connectivity index is 1.61. The topological polar surface area (TPSA) is 87.3 Å². The monoisotopic (exact) mass is 379 g/mol. The second kappa shape index (κ2) is 8.09. The zero-order valence-electron chi connectivity index (χ0n) is 13.7. The minimum atomic E-state index is -3.59. The minimum absolute atomic E-state index is 0.122. The van der Waals surface area contributed by atoms with E-state index >= 15 is 0 Å². The molecule has 2 heterocycles. The molecule has 0 unspecified atom stereocenters. The summed E-state index contributed by atoms with van der Waals surface area (Å²) in [5, 5.41) is 8.12. The Bertz CT molecular complexity index is 796. The smallest absolute Gasteiger partial charge is 0.251 e. The minimum Gasteiger partial charge on any atom is -0.348 e. The maximum absolute atomic E-state index is 12.3. The molecule has 0 spiro atoms.